The zero-order chi connectivity index (χ0) is 13.8. The summed E-state index contributed by atoms with van der Waals surface area (Å²) in [6.07, 6.45) is 0. The maximum atomic E-state index is 13.7. The van der Waals surface area contributed by atoms with Crippen molar-refractivity contribution < 1.29 is 4.39 Å². The summed E-state index contributed by atoms with van der Waals surface area (Å²) >= 11 is 5.71. The molecule has 4 nitrogen and oxygen atoms in total. The predicted molar refractivity (Wildman–Crippen MR) is 75.6 cm³/mol. The number of anilines is 3. The summed E-state index contributed by atoms with van der Waals surface area (Å²) in [6.45, 7) is 4.53. The van der Waals surface area contributed by atoms with Crippen LogP contribution in [-0.4, -0.2) is 16.5 Å². The standard InChI is InChI=1S/C13H14ClFN4/c1-3-16-13-17-8(2)6-12(19-13)18-11-5-4-9(14)7-10(11)15/h4-7H,3H2,1-2H3,(H2,16,17,18,19). The summed E-state index contributed by atoms with van der Waals surface area (Å²) in [6, 6.07) is 6.19. The van der Waals surface area contributed by atoms with E-state index < -0.39 is 5.82 Å². The molecule has 100 valence electrons. The van der Waals surface area contributed by atoms with Crippen LogP contribution in [0.3, 0.4) is 0 Å². The molecule has 2 rings (SSSR count). The molecule has 6 heteroatoms. The predicted octanol–water partition coefficient (Wildman–Crippen LogP) is 3.75. The lowest BCUT2D eigenvalue weighted by Gasteiger charge is -2.09. The SMILES string of the molecule is CCNc1nc(C)cc(Nc2ccc(Cl)cc2F)n1. The molecule has 2 N–H and O–H groups in total. The van der Waals surface area contributed by atoms with Crippen LogP contribution in [0.25, 0.3) is 0 Å². The van der Waals surface area contributed by atoms with Crippen molar-refractivity contribution in [2.75, 3.05) is 17.2 Å². The highest BCUT2D eigenvalue weighted by atomic mass is 35.5. The monoisotopic (exact) mass is 280 g/mol. The largest absolute Gasteiger partial charge is 0.354 e. The molecule has 1 aromatic heterocycles. The van der Waals surface area contributed by atoms with Gasteiger partial charge in [0.15, 0.2) is 0 Å². The average molecular weight is 281 g/mol. The molecular weight excluding hydrogens is 267 g/mol. The molecule has 2 aromatic rings. The maximum absolute atomic E-state index is 13.7. The number of rotatable bonds is 4. The fourth-order valence-electron chi connectivity index (χ4n) is 1.60. The van der Waals surface area contributed by atoms with Crippen LogP contribution in [-0.2, 0) is 0 Å². The Kier molecular flexibility index (Phi) is 4.16. The van der Waals surface area contributed by atoms with Gasteiger partial charge in [0.25, 0.3) is 0 Å². The van der Waals surface area contributed by atoms with Gasteiger partial charge in [0.2, 0.25) is 5.95 Å². The molecule has 0 bridgehead atoms. The van der Waals surface area contributed by atoms with Crippen LogP contribution in [0.1, 0.15) is 12.6 Å². The van der Waals surface area contributed by atoms with Gasteiger partial charge in [0.1, 0.15) is 11.6 Å². The lowest BCUT2D eigenvalue weighted by atomic mass is 10.3. The van der Waals surface area contributed by atoms with Crippen LogP contribution in [0, 0.1) is 12.7 Å². The van der Waals surface area contributed by atoms with Gasteiger partial charge < -0.3 is 10.6 Å². The Morgan fingerprint density at radius 3 is 2.74 bits per heavy atom. The molecule has 0 aliphatic heterocycles. The first kappa shape index (κ1) is 13.5. The number of hydrogen-bond acceptors (Lipinski definition) is 4. The minimum atomic E-state index is -0.422. The van der Waals surface area contributed by atoms with Gasteiger partial charge in [-0.1, -0.05) is 11.6 Å². The lowest BCUT2D eigenvalue weighted by molar-refractivity contribution is 0.632. The van der Waals surface area contributed by atoms with Gasteiger partial charge in [-0.05, 0) is 32.0 Å². The summed E-state index contributed by atoms with van der Waals surface area (Å²) in [5, 5.41) is 6.29. The van der Waals surface area contributed by atoms with Crippen molar-refractivity contribution in [2.24, 2.45) is 0 Å². The van der Waals surface area contributed by atoms with Gasteiger partial charge in [0, 0.05) is 23.3 Å². The van der Waals surface area contributed by atoms with Crippen LogP contribution >= 0.6 is 11.6 Å². The third-order valence-corrected chi connectivity index (χ3v) is 2.62. The van der Waals surface area contributed by atoms with Gasteiger partial charge in [-0.3, -0.25) is 0 Å². The Hall–Kier alpha value is -1.88. The first-order valence-corrected chi connectivity index (χ1v) is 6.28. The van der Waals surface area contributed by atoms with Crippen LogP contribution < -0.4 is 10.6 Å². The molecule has 0 unspecified atom stereocenters. The fraction of sp³-hybridized carbons (Fsp3) is 0.231. The average Bonchev–Trinajstić information content (AvgIpc) is 2.32. The van der Waals surface area contributed by atoms with Crippen molar-refractivity contribution in [1.29, 1.82) is 0 Å². The van der Waals surface area contributed by atoms with E-state index in [0.717, 1.165) is 12.2 Å². The summed E-state index contributed by atoms with van der Waals surface area (Å²) in [7, 11) is 0. The Morgan fingerprint density at radius 1 is 1.26 bits per heavy atom. The molecule has 0 saturated heterocycles. The van der Waals surface area contributed by atoms with E-state index in [2.05, 4.69) is 20.6 Å². The highest BCUT2D eigenvalue weighted by Gasteiger charge is 2.06. The van der Waals surface area contributed by atoms with Gasteiger partial charge >= 0.3 is 0 Å². The molecule has 0 aliphatic carbocycles. The van der Waals surface area contributed by atoms with Crippen molar-refractivity contribution in [2.45, 2.75) is 13.8 Å². The Bertz CT molecular complexity index is 589. The third-order valence-electron chi connectivity index (χ3n) is 2.38. The van der Waals surface area contributed by atoms with Gasteiger partial charge in [-0.15, -0.1) is 0 Å². The number of nitrogens with one attached hydrogen (secondary N) is 2. The van der Waals surface area contributed by atoms with Crippen molar-refractivity contribution in [3.8, 4) is 0 Å². The maximum Gasteiger partial charge on any atom is 0.224 e. The fourth-order valence-corrected chi connectivity index (χ4v) is 1.76. The van der Waals surface area contributed by atoms with E-state index in [1.807, 2.05) is 13.8 Å². The third kappa shape index (κ3) is 3.54. The van der Waals surface area contributed by atoms with Crippen LogP contribution in [0.15, 0.2) is 24.3 Å². The Balaban J connectivity index is 2.27. The molecule has 1 aromatic carbocycles. The zero-order valence-corrected chi connectivity index (χ0v) is 11.4. The van der Waals surface area contributed by atoms with Crippen molar-refractivity contribution in [3.63, 3.8) is 0 Å². The zero-order valence-electron chi connectivity index (χ0n) is 10.7. The lowest BCUT2D eigenvalue weighted by Crippen LogP contribution is -2.05. The minimum absolute atomic E-state index is 0.324. The van der Waals surface area contributed by atoms with Crippen molar-refractivity contribution in [3.05, 3.63) is 40.8 Å². The quantitative estimate of drug-likeness (QED) is 0.895. The molecule has 0 aliphatic rings. The van der Waals surface area contributed by atoms with E-state index in [4.69, 9.17) is 11.6 Å². The second kappa shape index (κ2) is 5.84. The molecule has 0 spiro atoms. The number of hydrogen-bond donors (Lipinski definition) is 2. The van der Waals surface area contributed by atoms with E-state index in [1.165, 1.54) is 6.07 Å². The van der Waals surface area contributed by atoms with Gasteiger partial charge in [-0.25, -0.2) is 9.37 Å². The normalized spacial score (nSPS) is 10.3. The molecular formula is C13H14ClFN4. The summed E-state index contributed by atoms with van der Waals surface area (Å²) in [5.41, 5.74) is 1.12. The van der Waals surface area contributed by atoms with Crippen LogP contribution in [0.4, 0.5) is 21.8 Å². The number of nitrogens with zero attached hydrogens (tertiary/aromatic N) is 2. The van der Waals surface area contributed by atoms with E-state index >= 15 is 0 Å². The van der Waals surface area contributed by atoms with Gasteiger partial charge in [0.05, 0.1) is 5.69 Å². The smallest absolute Gasteiger partial charge is 0.224 e. The molecule has 0 amide bonds. The first-order chi connectivity index (χ1) is 9.08. The van der Waals surface area contributed by atoms with Crippen LogP contribution in [0.5, 0.6) is 0 Å². The second-order valence-electron chi connectivity index (χ2n) is 4.00. The Morgan fingerprint density at radius 2 is 2.05 bits per heavy atom. The number of benzene rings is 1. The van der Waals surface area contributed by atoms with Crippen molar-refractivity contribution in [1.82, 2.24) is 9.97 Å². The number of halogens is 2. The van der Waals surface area contributed by atoms with Crippen LogP contribution in [0.2, 0.25) is 5.02 Å². The summed E-state index contributed by atoms with van der Waals surface area (Å²) in [4.78, 5) is 8.47. The second-order valence-corrected chi connectivity index (χ2v) is 4.43. The molecule has 0 atom stereocenters. The van der Waals surface area contributed by atoms with Gasteiger partial charge in [-0.2, -0.15) is 4.98 Å². The molecule has 0 radical (unpaired) electrons. The summed E-state index contributed by atoms with van der Waals surface area (Å²) in [5.74, 6) is 0.623. The topological polar surface area (TPSA) is 49.8 Å². The molecule has 0 saturated carbocycles. The first-order valence-electron chi connectivity index (χ1n) is 5.90. The Labute approximate surface area is 116 Å². The van der Waals surface area contributed by atoms with E-state index in [-0.39, 0.29) is 0 Å². The van der Waals surface area contributed by atoms with E-state index in [9.17, 15) is 4.39 Å². The van der Waals surface area contributed by atoms with Crippen molar-refractivity contribution >= 4 is 29.1 Å². The van der Waals surface area contributed by atoms with E-state index in [1.54, 1.807) is 18.2 Å². The highest BCUT2D eigenvalue weighted by Crippen LogP contribution is 2.22. The molecule has 0 fully saturated rings. The van der Waals surface area contributed by atoms with E-state index in [0.29, 0.717) is 22.5 Å². The summed E-state index contributed by atoms with van der Waals surface area (Å²) < 4.78 is 13.7. The number of aryl methyl sites for hydroxylation is 1. The molecule has 19 heavy (non-hydrogen) atoms. The highest BCUT2D eigenvalue weighted by molar-refractivity contribution is 6.30. The minimum Gasteiger partial charge on any atom is -0.354 e. The molecule has 1 heterocycles. The number of aromatic nitrogens is 2.